The Morgan fingerprint density at radius 1 is 1.14 bits per heavy atom. The van der Waals surface area contributed by atoms with Crippen molar-refractivity contribution >= 4 is 22.9 Å². The van der Waals surface area contributed by atoms with Crippen LogP contribution in [0.1, 0.15) is 29.9 Å². The largest absolute Gasteiger partial charge is 0.443 e. The summed E-state index contributed by atoms with van der Waals surface area (Å²) < 4.78 is 5.52. The molecule has 0 saturated carbocycles. The van der Waals surface area contributed by atoms with E-state index in [1.165, 1.54) is 11.1 Å². The Labute approximate surface area is 123 Å². The lowest BCUT2D eigenvalue weighted by molar-refractivity contribution is 0.567. The number of furan rings is 1. The Morgan fingerprint density at radius 3 is 2.57 bits per heavy atom. The Hall–Kier alpha value is -2.56. The van der Waals surface area contributed by atoms with Gasteiger partial charge in [-0.05, 0) is 32.4 Å². The molecule has 0 unspecified atom stereocenters. The van der Waals surface area contributed by atoms with Gasteiger partial charge in [0.1, 0.15) is 11.6 Å². The number of nitrogens with two attached hydrogens (primary N) is 1. The molecular weight excluding hydrogens is 264 g/mol. The molecule has 2 aromatic heterocycles. The topological polar surface area (TPSA) is 77.0 Å². The SMILES string of the molecule is Cc1ccc([C@H](C)Nc2nc(N)nc3oc(C)cc23)cc1. The van der Waals surface area contributed by atoms with Crippen LogP contribution in [0.5, 0.6) is 0 Å². The monoisotopic (exact) mass is 282 g/mol. The highest BCUT2D eigenvalue weighted by atomic mass is 16.3. The molecule has 5 nitrogen and oxygen atoms in total. The first-order chi connectivity index (χ1) is 10.0. The summed E-state index contributed by atoms with van der Waals surface area (Å²) >= 11 is 0. The fraction of sp³-hybridized carbons (Fsp3) is 0.250. The van der Waals surface area contributed by atoms with E-state index in [1.54, 1.807) is 0 Å². The van der Waals surface area contributed by atoms with Crippen molar-refractivity contribution in [3.8, 4) is 0 Å². The lowest BCUT2D eigenvalue weighted by atomic mass is 10.1. The van der Waals surface area contributed by atoms with Gasteiger partial charge < -0.3 is 15.5 Å². The van der Waals surface area contributed by atoms with E-state index in [1.807, 2.05) is 13.0 Å². The van der Waals surface area contributed by atoms with E-state index in [-0.39, 0.29) is 12.0 Å². The van der Waals surface area contributed by atoms with Crippen molar-refractivity contribution in [1.29, 1.82) is 0 Å². The molecule has 1 atom stereocenters. The highest BCUT2D eigenvalue weighted by molar-refractivity contribution is 5.87. The minimum Gasteiger partial charge on any atom is -0.443 e. The van der Waals surface area contributed by atoms with Crippen LogP contribution in [0.25, 0.3) is 11.1 Å². The number of nitrogens with zero attached hydrogens (tertiary/aromatic N) is 2. The smallest absolute Gasteiger partial charge is 0.233 e. The molecule has 5 heteroatoms. The molecule has 0 radical (unpaired) electrons. The standard InChI is InChI=1S/C16H18N4O/c1-9-4-6-12(7-5-9)11(3)18-14-13-8-10(2)21-15(13)20-16(17)19-14/h4-8,11H,1-3H3,(H3,17,18,19,20)/t11-/m0/s1. The predicted octanol–water partition coefficient (Wildman–Crippen LogP) is 3.59. The molecule has 0 aliphatic rings. The molecule has 21 heavy (non-hydrogen) atoms. The van der Waals surface area contributed by atoms with Crippen molar-refractivity contribution in [3.63, 3.8) is 0 Å². The molecule has 3 rings (SSSR count). The molecule has 108 valence electrons. The summed E-state index contributed by atoms with van der Waals surface area (Å²) in [6.45, 7) is 6.04. The number of fused-ring (bicyclic) bond motifs is 1. The molecular formula is C16H18N4O. The normalized spacial score (nSPS) is 12.5. The third-order valence-electron chi connectivity index (χ3n) is 3.46. The van der Waals surface area contributed by atoms with Gasteiger partial charge >= 0.3 is 0 Å². The Bertz CT molecular complexity index is 777. The first-order valence-electron chi connectivity index (χ1n) is 6.89. The zero-order valence-electron chi connectivity index (χ0n) is 12.3. The maximum absolute atomic E-state index is 5.75. The molecule has 0 aliphatic heterocycles. The number of hydrogen-bond donors (Lipinski definition) is 2. The number of nitrogens with one attached hydrogen (secondary N) is 1. The molecule has 0 amide bonds. The van der Waals surface area contributed by atoms with Crippen molar-refractivity contribution in [2.75, 3.05) is 11.1 Å². The average molecular weight is 282 g/mol. The zero-order valence-corrected chi connectivity index (χ0v) is 12.3. The van der Waals surface area contributed by atoms with Gasteiger partial charge in [-0.1, -0.05) is 29.8 Å². The summed E-state index contributed by atoms with van der Waals surface area (Å²) in [5.41, 5.74) is 8.69. The van der Waals surface area contributed by atoms with Gasteiger partial charge in [0, 0.05) is 6.04 Å². The van der Waals surface area contributed by atoms with Gasteiger partial charge in [0.05, 0.1) is 5.39 Å². The van der Waals surface area contributed by atoms with Crippen molar-refractivity contribution < 1.29 is 4.42 Å². The first kappa shape index (κ1) is 13.4. The summed E-state index contributed by atoms with van der Waals surface area (Å²) in [4.78, 5) is 8.40. The van der Waals surface area contributed by atoms with E-state index in [0.29, 0.717) is 11.5 Å². The third kappa shape index (κ3) is 2.67. The quantitative estimate of drug-likeness (QED) is 0.767. The van der Waals surface area contributed by atoms with Crippen LogP contribution in [0.15, 0.2) is 34.7 Å². The lowest BCUT2D eigenvalue weighted by Crippen LogP contribution is -2.09. The summed E-state index contributed by atoms with van der Waals surface area (Å²) in [5.74, 6) is 1.69. The van der Waals surface area contributed by atoms with Crippen molar-refractivity contribution in [2.24, 2.45) is 0 Å². The summed E-state index contributed by atoms with van der Waals surface area (Å²) in [6.07, 6.45) is 0. The Morgan fingerprint density at radius 2 is 1.86 bits per heavy atom. The maximum Gasteiger partial charge on any atom is 0.233 e. The highest BCUT2D eigenvalue weighted by Crippen LogP contribution is 2.27. The Balaban J connectivity index is 1.95. The van der Waals surface area contributed by atoms with Crippen LogP contribution < -0.4 is 11.1 Å². The van der Waals surface area contributed by atoms with Crippen LogP contribution in [0.2, 0.25) is 0 Å². The fourth-order valence-corrected chi connectivity index (χ4v) is 2.31. The van der Waals surface area contributed by atoms with E-state index < -0.39 is 0 Å². The molecule has 0 spiro atoms. The fourth-order valence-electron chi connectivity index (χ4n) is 2.31. The van der Waals surface area contributed by atoms with Crippen LogP contribution in [0.3, 0.4) is 0 Å². The van der Waals surface area contributed by atoms with Gasteiger partial charge in [0.15, 0.2) is 0 Å². The van der Waals surface area contributed by atoms with Crippen molar-refractivity contribution in [2.45, 2.75) is 26.8 Å². The van der Waals surface area contributed by atoms with Crippen LogP contribution in [-0.2, 0) is 0 Å². The highest BCUT2D eigenvalue weighted by Gasteiger charge is 2.13. The van der Waals surface area contributed by atoms with E-state index >= 15 is 0 Å². The minimum atomic E-state index is 0.110. The van der Waals surface area contributed by atoms with Crippen molar-refractivity contribution in [1.82, 2.24) is 9.97 Å². The van der Waals surface area contributed by atoms with E-state index in [9.17, 15) is 0 Å². The van der Waals surface area contributed by atoms with Gasteiger partial charge in [-0.25, -0.2) is 0 Å². The number of aromatic nitrogens is 2. The van der Waals surface area contributed by atoms with Crippen LogP contribution in [0.4, 0.5) is 11.8 Å². The Kier molecular flexibility index (Phi) is 3.25. The van der Waals surface area contributed by atoms with Gasteiger partial charge in [0.25, 0.3) is 0 Å². The number of anilines is 2. The second-order valence-electron chi connectivity index (χ2n) is 5.28. The number of nitrogen functional groups attached to an aromatic ring is 1. The molecule has 2 heterocycles. The maximum atomic E-state index is 5.75. The van der Waals surface area contributed by atoms with Crippen LogP contribution in [0, 0.1) is 13.8 Å². The second-order valence-corrected chi connectivity index (χ2v) is 5.28. The predicted molar refractivity (Wildman–Crippen MR) is 84.2 cm³/mol. The molecule has 0 fully saturated rings. The van der Waals surface area contributed by atoms with Gasteiger partial charge in [-0.2, -0.15) is 9.97 Å². The van der Waals surface area contributed by atoms with Crippen molar-refractivity contribution in [3.05, 3.63) is 47.2 Å². The molecule has 0 aliphatic carbocycles. The zero-order chi connectivity index (χ0) is 15.0. The molecule has 3 N–H and O–H groups in total. The molecule has 0 bridgehead atoms. The molecule has 1 aromatic carbocycles. The summed E-state index contributed by atoms with van der Waals surface area (Å²) in [7, 11) is 0. The summed E-state index contributed by atoms with van der Waals surface area (Å²) in [5, 5.41) is 4.23. The number of rotatable bonds is 3. The van der Waals surface area contributed by atoms with Gasteiger partial charge in [0.2, 0.25) is 11.7 Å². The van der Waals surface area contributed by atoms with E-state index in [2.05, 4.69) is 53.4 Å². The minimum absolute atomic E-state index is 0.110. The van der Waals surface area contributed by atoms with E-state index in [4.69, 9.17) is 10.2 Å². The number of hydrogen-bond acceptors (Lipinski definition) is 5. The molecule has 0 saturated heterocycles. The number of benzene rings is 1. The second kappa shape index (κ2) is 5.09. The third-order valence-corrected chi connectivity index (χ3v) is 3.46. The van der Waals surface area contributed by atoms with Gasteiger partial charge in [-0.3, -0.25) is 0 Å². The van der Waals surface area contributed by atoms with E-state index in [0.717, 1.165) is 11.1 Å². The van der Waals surface area contributed by atoms with Crippen LogP contribution >= 0.6 is 0 Å². The lowest BCUT2D eigenvalue weighted by Gasteiger charge is -2.15. The summed E-state index contributed by atoms with van der Waals surface area (Å²) in [6, 6.07) is 10.4. The average Bonchev–Trinajstić information content (AvgIpc) is 2.79. The van der Waals surface area contributed by atoms with Crippen LogP contribution in [-0.4, -0.2) is 9.97 Å². The first-order valence-corrected chi connectivity index (χ1v) is 6.89. The number of aryl methyl sites for hydroxylation is 2. The van der Waals surface area contributed by atoms with Gasteiger partial charge in [-0.15, -0.1) is 0 Å². The molecule has 3 aromatic rings.